The Balaban J connectivity index is 1.49. The van der Waals surface area contributed by atoms with E-state index in [2.05, 4.69) is 38.4 Å². The minimum atomic E-state index is 0.849. The van der Waals surface area contributed by atoms with E-state index in [9.17, 15) is 0 Å². The normalized spacial score (nSPS) is 27.8. The van der Waals surface area contributed by atoms with Gasteiger partial charge in [0.2, 0.25) is 0 Å². The van der Waals surface area contributed by atoms with Crippen LogP contribution in [0.4, 0.5) is 0 Å². The average molecular weight is 295 g/mol. The van der Waals surface area contributed by atoms with Gasteiger partial charge in [-0.1, -0.05) is 0 Å². The lowest BCUT2D eigenvalue weighted by atomic mass is 9.71. The van der Waals surface area contributed by atoms with Crippen molar-refractivity contribution in [2.45, 2.75) is 38.1 Å². The summed E-state index contributed by atoms with van der Waals surface area (Å²) >= 11 is 3.43. The molecule has 92 valence electrons. The molecule has 2 atom stereocenters. The summed E-state index contributed by atoms with van der Waals surface area (Å²) in [5.74, 6) is 1.75. The first kappa shape index (κ1) is 11.7. The first-order valence-corrected chi connectivity index (χ1v) is 7.44. The lowest BCUT2D eigenvalue weighted by Crippen LogP contribution is -2.37. The highest BCUT2D eigenvalue weighted by molar-refractivity contribution is 9.10. The minimum Gasteiger partial charge on any atom is -0.314 e. The van der Waals surface area contributed by atoms with Gasteiger partial charge in [-0.05, 0) is 78.5 Å². The SMILES string of the molecule is Brc1ccc(CC2CCC2CNC2CC2)nc1. The van der Waals surface area contributed by atoms with Crippen molar-refractivity contribution in [2.24, 2.45) is 11.8 Å². The molecule has 17 heavy (non-hydrogen) atoms. The van der Waals surface area contributed by atoms with Crippen LogP contribution in [-0.4, -0.2) is 17.6 Å². The van der Waals surface area contributed by atoms with Gasteiger partial charge in [0, 0.05) is 22.4 Å². The van der Waals surface area contributed by atoms with Gasteiger partial charge >= 0.3 is 0 Å². The lowest BCUT2D eigenvalue weighted by molar-refractivity contribution is 0.169. The van der Waals surface area contributed by atoms with Crippen molar-refractivity contribution in [3.8, 4) is 0 Å². The molecular formula is C14H19BrN2. The topological polar surface area (TPSA) is 24.9 Å². The number of hydrogen-bond donors (Lipinski definition) is 1. The molecule has 0 aromatic carbocycles. The summed E-state index contributed by atoms with van der Waals surface area (Å²) in [4.78, 5) is 4.47. The first-order chi connectivity index (χ1) is 8.31. The van der Waals surface area contributed by atoms with E-state index in [1.165, 1.54) is 37.9 Å². The van der Waals surface area contributed by atoms with E-state index in [0.29, 0.717) is 0 Å². The number of nitrogens with one attached hydrogen (secondary N) is 1. The van der Waals surface area contributed by atoms with Crippen LogP contribution in [0, 0.1) is 11.8 Å². The molecule has 1 aromatic heterocycles. The molecule has 0 spiro atoms. The van der Waals surface area contributed by atoms with Crippen LogP contribution in [0.15, 0.2) is 22.8 Å². The molecule has 2 fully saturated rings. The third-order valence-electron chi connectivity index (χ3n) is 4.08. The summed E-state index contributed by atoms with van der Waals surface area (Å²) in [6, 6.07) is 5.09. The highest BCUT2D eigenvalue weighted by Crippen LogP contribution is 2.36. The third kappa shape index (κ3) is 3.08. The average Bonchev–Trinajstić information content (AvgIpc) is 3.11. The largest absolute Gasteiger partial charge is 0.314 e. The van der Waals surface area contributed by atoms with E-state index in [1.54, 1.807) is 0 Å². The summed E-state index contributed by atoms with van der Waals surface area (Å²) in [6.07, 6.45) is 8.64. The molecule has 2 aliphatic rings. The van der Waals surface area contributed by atoms with E-state index in [0.717, 1.165) is 28.8 Å². The molecule has 0 radical (unpaired) electrons. The maximum Gasteiger partial charge on any atom is 0.0413 e. The quantitative estimate of drug-likeness (QED) is 0.902. The van der Waals surface area contributed by atoms with Crippen molar-refractivity contribution in [3.63, 3.8) is 0 Å². The van der Waals surface area contributed by atoms with Crippen LogP contribution in [0.2, 0.25) is 0 Å². The van der Waals surface area contributed by atoms with Crippen LogP contribution >= 0.6 is 15.9 Å². The van der Waals surface area contributed by atoms with E-state index >= 15 is 0 Å². The molecule has 2 nitrogen and oxygen atoms in total. The zero-order valence-electron chi connectivity index (χ0n) is 10.0. The van der Waals surface area contributed by atoms with Crippen molar-refractivity contribution in [1.82, 2.24) is 10.3 Å². The molecular weight excluding hydrogens is 276 g/mol. The summed E-state index contributed by atoms with van der Waals surface area (Å²) in [5, 5.41) is 3.66. The van der Waals surface area contributed by atoms with Gasteiger partial charge in [0.15, 0.2) is 0 Å². The molecule has 3 heteroatoms. The van der Waals surface area contributed by atoms with Gasteiger partial charge in [-0.2, -0.15) is 0 Å². The smallest absolute Gasteiger partial charge is 0.0413 e. The number of halogens is 1. The zero-order valence-corrected chi connectivity index (χ0v) is 11.6. The molecule has 0 amide bonds. The fraction of sp³-hybridized carbons (Fsp3) is 0.643. The first-order valence-electron chi connectivity index (χ1n) is 6.65. The van der Waals surface area contributed by atoms with Gasteiger partial charge in [-0.15, -0.1) is 0 Å². The predicted molar refractivity (Wildman–Crippen MR) is 72.9 cm³/mol. The number of rotatable bonds is 5. The van der Waals surface area contributed by atoms with Crippen molar-refractivity contribution in [3.05, 3.63) is 28.5 Å². The molecule has 1 aromatic rings. The Hall–Kier alpha value is -0.410. The molecule has 2 unspecified atom stereocenters. The van der Waals surface area contributed by atoms with Gasteiger partial charge < -0.3 is 5.32 Å². The second-order valence-corrected chi connectivity index (χ2v) is 6.37. The molecule has 0 aliphatic heterocycles. The summed E-state index contributed by atoms with van der Waals surface area (Å²) in [5.41, 5.74) is 1.24. The van der Waals surface area contributed by atoms with E-state index in [4.69, 9.17) is 0 Å². The molecule has 0 bridgehead atoms. The Morgan fingerprint density at radius 1 is 1.18 bits per heavy atom. The molecule has 0 saturated heterocycles. The Kier molecular flexibility index (Phi) is 3.48. The van der Waals surface area contributed by atoms with Gasteiger partial charge in [0.1, 0.15) is 0 Å². The van der Waals surface area contributed by atoms with Gasteiger partial charge in [0.25, 0.3) is 0 Å². The monoisotopic (exact) mass is 294 g/mol. The number of aromatic nitrogens is 1. The van der Waals surface area contributed by atoms with Crippen molar-refractivity contribution in [2.75, 3.05) is 6.54 Å². The maximum absolute atomic E-state index is 4.47. The van der Waals surface area contributed by atoms with Crippen LogP contribution in [-0.2, 0) is 6.42 Å². The van der Waals surface area contributed by atoms with Crippen molar-refractivity contribution >= 4 is 15.9 Å². The van der Waals surface area contributed by atoms with Gasteiger partial charge in [-0.25, -0.2) is 0 Å². The Morgan fingerprint density at radius 2 is 2.00 bits per heavy atom. The molecule has 1 N–H and O–H groups in total. The predicted octanol–water partition coefficient (Wildman–Crippen LogP) is 3.16. The highest BCUT2D eigenvalue weighted by Gasteiger charge is 2.32. The molecule has 3 rings (SSSR count). The second kappa shape index (κ2) is 5.07. The summed E-state index contributed by atoms with van der Waals surface area (Å²) in [7, 11) is 0. The van der Waals surface area contributed by atoms with Crippen LogP contribution < -0.4 is 5.32 Å². The fourth-order valence-electron chi connectivity index (χ4n) is 2.58. The summed E-state index contributed by atoms with van der Waals surface area (Å²) in [6.45, 7) is 1.23. The molecule has 1 heterocycles. The van der Waals surface area contributed by atoms with Gasteiger partial charge in [-0.3, -0.25) is 4.98 Å². The number of pyridine rings is 1. The van der Waals surface area contributed by atoms with Crippen LogP contribution in [0.3, 0.4) is 0 Å². The van der Waals surface area contributed by atoms with Crippen LogP contribution in [0.25, 0.3) is 0 Å². The van der Waals surface area contributed by atoms with Crippen LogP contribution in [0.5, 0.6) is 0 Å². The maximum atomic E-state index is 4.47. The summed E-state index contributed by atoms with van der Waals surface area (Å²) < 4.78 is 1.07. The van der Waals surface area contributed by atoms with Crippen molar-refractivity contribution in [1.29, 1.82) is 0 Å². The third-order valence-corrected chi connectivity index (χ3v) is 4.55. The second-order valence-electron chi connectivity index (χ2n) is 5.45. The van der Waals surface area contributed by atoms with Crippen LogP contribution in [0.1, 0.15) is 31.4 Å². The van der Waals surface area contributed by atoms with E-state index in [1.807, 2.05) is 6.20 Å². The molecule has 2 aliphatic carbocycles. The standard InChI is InChI=1S/C14H19BrN2/c15-12-3-4-14(17-9-12)7-10-1-2-11(10)8-16-13-5-6-13/h3-4,9-11,13,16H,1-2,5-8H2. The Morgan fingerprint density at radius 3 is 2.59 bits per heavy atom. The number of nitrogens with zero attached hydrogens (tertiary/aromatic N) is 1. The van der Waals surface area contributed by atoms with E-state index < -0.39 is 0 Å². The minimum absolute atomic E-state index is 0.849. The lowest BCUT2D eigenvalue weighted by Gasteiger charge is -2.37. The number of hydrogen-bond acceptors (Lipinski definition) is 2. The van der Waals surface area contributed by atoms with Crippen molar-refractivity contribution < 1.29 is 0 Å². The Labute approximate surface area is 111 Å². The highest BCUT2D eigenvalue weighted by atomic mass is 79.9. The molecule has 2 saturated carbocycles. The van der Waals surface area contributed by atoms with E-state index in [-0.39, 0.29) is 0 Å². The Bertz CT molecular complexity index is 372. The fourth-order valence-corrected chi connectivity index (χ4v) is 2.81. The zero-order chi connectivity index (χ0) is 11.7. The van der Waals surface area contributed by atoms with Gasteiger partial charge in [0.05, 0.1) is 0 Å².